The molecule has 1 aliphatic rings. The van der Waals surface area contributed by atoms with Gasteiger partial charge in [0.2, 0.25) is 5.78 Å². The maximum atomic E-state index is 13.3. The highest BCUT2D eigenvalue weighted by Gasteiger charge is 2.44. The zero-order valence-corrected chi connectivity index (χ0v) is 15.4. The zero-order valence-electron chi connectivity index (χ0n) is 15.4. The molecule has 1 saturated carbocycles. The number of hydrogen-bond acceptors (Lipinski definition) is 5. The summed E-state index contributed by atoms with van der Waals surface area (Å²) in [6.45, 7) is 1.08. The number of rotatable bonds is 6. The van der Waals surface area contributed by atoms with E-state index in [9.17, 15) is 24.1 Å². The molecule has 3 rings (SSSR count). The van der Waals surface area contributed by atoms with Crippen LogP contribution in [0.15, 0.2) is 42.5 Å². The molecule has 0 radical (unpaired) electrons. The van der Waals surface area contributed by atoms with Gasteiger partial charge in [-0.1, -0.05) is 37.1 Å². The maximum absolute atomic E-state index is 13.3. The molecule has 146 valence electrons. The minimum atomic E-state index is -0.882. The summed E-state index contributed by atoms with van der Waals surface area (Å²) < 4.78 is 18.6. The van der Waals surface area contributed by atoms with Crippen LogP contribution in [0.4, 0.5) is 10.1 Å². The number of nitrogens with zero attached hydrogens (tertiary/aromatic N) is 1. The molecule has 2 aromatic carbocycles. The molecule has 1 aliphatic carbocycles. The molecule has 0 spiro atoms. The fourth-order valence-corrected chi connectivity index (χ4v) is 3.69. The van der Waals surface area contributed by atoms with Gasteiger partial charge in [0.05, 0.1) is 10.3 Å². The number of nitro benzene ring substituents is 1. The minimum Gasteiger partial charge on any atom is -0.457 e. The second-order valence-electron chi connectivity index (χ2n) is 7.05. The molecule has 0 amide bonds. The van der Waals surface area contributed by atoms with Gasteiger partial charge in [-0.05, 0) is 37.5 Å². The molecule has 2 aromatic rings. The summed E-state index contributed by atoms with van der Waals surface area (Å²) in [6.07, 6.45) is 2.82. The molecule has 0 aromatic heterocycles. The quantitative estimate of drug-likeness (QED) is 0.321. The van der Waals surface area contributed by atoms with E-state index >= 15 is 0 Å². The zero-order chi connectivity index (χ0) is 20.3. The second-order valence-corrected chi connectivity index (χ2v) is 7.05. The third kappa shape index (κ3) is 3.78. The lowest BCUT2D eigenvalue weighted by molar-refractivity contribution is -0.385. The summed E-state index contributed by atoms with van der Waals surface area (Å²) in [5.74, 6) is -1.42. The predicted octanol–water partition coefficient (Wildman–Crippen LogP) is 4.28. The molecule has 7 heteroatoms. The Hall–Kier alpha value is -3.09. The van der Waals surface area contributed by atoms with E-state index in [2.05, 4.69) is 0 Å². The SMILES string of the molecule is Cc1ccc(C(=O)COC(=O)C2(c3ccc(F)cc3)CCCC2)cc1[N+](=O)[O-]. The number of hydrogen-bond donors (Lipinski definition) is 0. The van der Waals surface area contributed by atoms with Crippen LogP contribution in [0.5, 0.6) is 0 Å². The number of ketones is 1. The molecular weight excluding hydrogens is 365 g/mol. The Labute approximate surface area is 161 Å². The van der Waals surface area contributed by atoms with E-state index in [0.717, 1.165) is 12.8 Å². The molecule has 0 saturated heterocycles. The Morgan fingerprint density at radius 2 is 1.79 bits per heavy atom. The van der Waals surface area contributed by atoms with Crippen molar-refractivity contribution < 1.29 is 23.6 Å². The first-order valence-electron chi connectivity index (χ1n) is 9.05. The number of ether oxygens (including phenoxy) is 1. The van der Waals surface area contributed by atoms with E-state index in [0.29, 0.717) is 24.0 Å². The summed E-state index contributed by atoms with van der Waals surface area (Å²) in [5, 5.41) is 11.0. The first-order valence-corrected chi connectivity index (χ1v) is 9.05. The molecule has 0 N–H and O–H groups in total. The van der Waals surface area contributed by atoms with Crippen molar-refractivity contribution in [3.05, 3.63) is 75.1 Å². The molecule has 0 aliphatic heterocycles. The number of carbonyl (C=O) groups is 2. The van der Waals surface area contributed by atoms with E-state index in [1.807, 2.05) is 0 Å². The van der Waals surface area contributed by atoms with Crippen LogP contribution >= 0.6 is 0 Å². The van der Waals surface area contributed by atoms with Crippen LogP contribution in [-0.2, 0) is 14.9 Å². The second kappa shape index (κ2) is 7.88. The molecular formula is C21H20FNO5. The largest absolute Gasteiger partial charge is 0.457 e. The molecule has 28 heavy (non-hydrogen) atoms. The number of carbonyl (C=O) groups excluding carboxylic acids is 2. The molecule has 6 nitrogen and oxygen atoms in total. The van der Waals surface area contributed by atoms with Crippen LogP contribution < -0.4 is 0 Å². The lowest BCUT2D eigenvalue weighted by Crippen LogP contribution is -2.35. The van der Waals surface area contributed by atoms with Crippen molar-refractivity contribution in [3.8, 4) is 0 Å². The molecule has 1 fully saturated rings. The van der Waals surface area contributed by atoms with Gasteiger partial charge in [-0.15, -0.1) is 0 Å². The summed E-state index contributed by atoms with van der Waals surface area (Å²) in [7, 11) is 0. The van der Waals surface area contributed by atoms with Gasteiger partial charge >= 0.3 is 5.97 Å². The minimum absolute atomic E-state index is 0.118. The van der Waals surface area contributed by atoms with Gasteiger partial charge in [0.25, 0.3) is 5.69 Å². The fraction of sp³-hybridized carbons (Fsp3) is 0.333. The fourth-order valence-electron chi connectivity index (χ4n) is 3.69. The van der Waals surface area contributed by atoms with Gasteiger partial charge in [0.1, 0.15) is 5.82 Å². The van der Waals surface area contributed by atoms with Crippen molar-refractivity contribution in [2.45, 2.75) is 38.0 Å². The number of nitro groups is 1. The molecule has 0 heterocycles. The van der Waals surface area contributed by atoms with E-state index in [1.54, 1.807) is 19.1 Å². The van der Waals surface area contributed by atoms with Gasteiger partial charge in [-0.2, -0.15) is 0 Å². The molecule has 0 atom stereocenters. The Bertz CT molecular complexity index is 917. The highest BCUT2D eigenvalue weighted by Crippen LogP contribution is 2.42. The molecule has 0 bridgehead atoms. The van der Waals surface area contributed by atoms with E-state index < -0.39 is 28.7 Å². The number of halogens is 1. The lowest BCUT2D eigenvalue weighted by atomic mass is 9.79. The van der Waals surface area contributed by atoms with E-state index in [1.165, 1.54) is 30.3 Å². The Morgan fingerprint density at radius 3 is 2.39 bits per heavy atom. The van der Waals surface area contributed by atoms with Crippen LogP contribution in [0.2, 0.25) is 0 Å². The highest BCUT2D eigenvalue weighted by molar-refractivity contribution is 5.99. The smallest absolute Gasteiger partial charge is 0.317 e. The Balaban J connectivity index is 1.75. The average Bonchev–Trinajstić information content (AvgIpc) is 3.17. The highest BCUT2D eigenvalue weighted by atomic mass is 19.1. The normalized spacial score (nSPS) is 15.2. The summed E-state index contributed by atoms with van der Waals surface area (Å²) in [4.78, 5) is 35.7. The van der Waals surface area contributed by atoms with Gasteiger partial charge in [0.15, 0.2) is 6.61 Å². The van der Waals surface area contributed by atoms with Crippen LogP contribution in [0.25, 0.3) is 0 Å². The average molecular weight is 385 g/mol. The number of aryl methyl sites for hydroxylation is 1. The van der Waals surface area contributed by atoms with Crippen LogP contribution in [-0.4, -0.2) is 23.3 Å². The van der Waals surface area contributed by atoms with Crippen molar-refractivity contribution in [2.75, 3.05) is 6.61 Å². The van der Waals surface area contributed by atoms with Gasteiger partial charge < -0.3 is 4.74 Å². The van der Waals surface area contributed by atoms with E-state index in [4.69, 9.17) is 4.74 Å². The van der Waals surface area contributed by atoms with Crippen molar-refractivity contribution >= 4 is 17.4 Å². The maximum Gasteiger partial charge on any atom is 0.317 e. The van der Waals surface area contributed by atoms with Gasteiger partial charge in [-0.3, -0.25) is 19.7 Å². The summed E-state index contributed by atoms with van der Waals surface area (Å²) >= 11 is 0. The van der Waals surface area contributed by atoms with Crippen molar-refractivity contribution in [1.82, 2.24) is 0 Å². The van der Waals surface area contributed by atoms with Crippen LogP contribution in [0.3, 0.4) is 0 Å². The molecule has 0 unspecified atom stereocenters. The lowest BCUT2D eigenvalue weighted by Gasteiger charge is -2.27. The standard InChI is InChI=1S/C21H20FNO5/c1-14-4-5-15(12-18(14)23(26)27)19(24)13-28-20(25)21(10-2-3-11-21)16-6-8-17(22)9-7-16/h4-9,12H,2-3,10-11,13H2,1H3. The third-order valence-electron chi connectivity index (χ3n) is 5.31. The van der Waals surface area contributed by atoms with Crippen LogP contribution in [0, 0.1) is 22.9 Å². The summed E-state index contributed by atoms with van der Waals surface area (Å²) in [5.41, 5.74) is 0.200. The number of benzene rings is 2. The monoisotopic (exact) mass is 385 g/mol. The first-order chi connectivity index (χ1) is 13.3. The first kappa shape index (κ1) is 19.7. The predicted molar refractivity (Wildman–Crippen MR) is 99.7 cm³/mol. The van der Waals surface area contributed by atoms with Crippen molar-refractivity contribution in [2.24, 2.45) is 0 Å². The summed E-state index contributed by atoms with van der Waals surface area (Å²) in [6, 6.07) is 9.92. The van der Waals surface area contributed by atoms with Gasteiger partial charge in [-0.25, -0.2) is 4.39 Å². The van der Waals surface area contributed by atoms with Gasteiger partial charge in [0, 0.05) is 17.2 Å². The van der Waals surface area contributed by atoms with Crippen LogP contribution in [0.1, 0.15) is 47.2 Å². The number of Topliss-reactive ketones (excluding diaryl/α,β-unsaturated/α-hetero) is 1. The Kier molecular flexibility index (Phi) is 5.53. The topological polar surface area (TPSA) is 86.5 Å². The van der Waals surface area contributed by atoms with E-state index in [-0.39, 0.29) is 17.1 Å². The van der Waals surface area contributed by atoms with Crippen molar-refractivity contribution in [3.63, 3.8) is 0 Å². The third-order valence-corrected chi connectivity index (χ3v) is 5.31. The Morgan fingerprint density at radius 1 is 1.14 bits per heavy atom. The number of esters is 1. The van der Waals surface area contributed by atoms with Crippen molar-refractivity contribution in [1.29, 1.82) is 0 Å².